The molecule has 0 atom stereocenters. The van der Waals surface area contributed by atoms with Crippen molar-refractivity contribution in [1.82, 2.24) is 24.7 Å². The maximum Gasteiger partial charge on any atom is 0.255 e. The van der Waals surface area contributed by atoms with E-state index in [0.29, 0.717) is 17.0 Å². The Hall–Kier alpha value is -1.69. The highest BCUT2D eigenvalue weighted by atomic mass is 35.5. The molecule has 0 radical (unpaired) electrons. The standard InChI is InChI=1S/C17H23ClN6/c1-12-6-8-23(9-7-12)16-14(13-4-2-3-5-13)15(18)21-17(22-16)24-11-19-10-20-24/h10-13H,2-9H2,1H3. The molecule has 7 heteroatoms. The van der Waals surface area contributed by atoms with Crippen molar-refractivity contribution in [3.05, 3.63) is 23.4 Å². The van der Waals surface area contributed by atoms with Gasteiger partial charge in [0.25, 0.3) is 5.95 Å². The minimum absolute atomic E-state index is 0.483. The average molecular weight is 347 g/mol. The molecule has 6 nitrogen and oxygen atoms in total. The van der Waals surface area contributed by atoms with Crippen LogP contribution in [0.5, 0.6) is 0 Å². The maximum atomic E-state index is 6.64. The summed E-state index contributed by atoms with van der Waals surface area (Å²) < 4.78 is 1.58. The van der Waals surface area contributed by atoms with Crippen molar-refractivity contribution in [2.75, 3.05) is 18.0 Å². The number of hydrogen-bond donors (Lipinski definition) is 0. The smallest absolute Gasteiger partial charge is 0.255 e. The molecule has 3 heterocycles. The van der Waals surface area contributed by atoms with E-state index in [9.17, 15) is 0 Å². The van der Waals surface area contributed by atoms with E-state index < -0.39 is 0 Å². The van der Waals surface area contributed by atoms with E-state index in [1.54, 1.807) is 11.0 Å². The highest BCUT2D eigenvalue weighted by molar-refractivity contribution is 6.30. The summed E-state index contributed by atoms with van der Waals surface area (Å²) in [6.07, 6.45) is 10.4. The number of anilines is 1. The first-order valence-electron chi connectivity index (χ1n) is 8.89. The molecule has 0 N–H and O–H groups in total. The molecule has 1 saturated heterocycles. The van der Waals surface area contributed by atoms with Gasteiger partial charge < -0.3 is 4.90 Å². The van der Waals surface area contributed by atoms with Crippen molar-refractivity contribution in [2.24, 2.45) is 5.92 Å². The molecule has 1 aliphatic heterocycles. The summed E-state index contributed by atoms with van der Waals surface area (Å²) in [6.45, 7) is 4.39. The lowest BCUT2D eigenvalue weighted by molar-refractivity contribution is 0.435. The molecule has 0 unspecified atom stereocenters. The quantitative estimate of drug-likeness (QED) is 0.794. The Morgan fingerprint density at radius 3 is 2.50 bits per heavy atom. The Balaban J connectivity index is 1.77. The Morgan fingerprint density at radius 2 is 1.83 bits per heavy atom. The van der Waals surface area contributed by atoms with E-state index in [4.69, 9.17) is 16.6 Å². The predicted molar refractivity (Wildman–Crippen MR) is 93.8 cm³/mol. The summed E-state index contributed by atoms with van der Waals surface area (Å²) in [4.78, 5) is 15.8. The summed E-state index contributed by atoms with van der Waals surface area (Å²) in [5.74, 6) is 2.78. The number of aromatic nitrogens is 5. The van der Waals surface area contributed by atoms with Gasteiger partial charge in [0.05, 0.1) is 0 Å². The molecule has 2 aromatic heterocycles. The van der Waals surface area contributed by atoms with E-state index in [1.807, 2.05) is 0 Å². The zero-order chi connectivity index (χ0) is 16.5. The van der Waals surface area contributed by atoms with Crippen molar-refractivity contribution < 1.29 is 0 Å². The molecule has 2 fully saturated rings. The minimum Gasteiger partial charge on any atom is -0.356 e. The van der Waals surface area contributed by atoms with Crippen molar-refractivity contribution >= 4 is 17.4 Å². The molecule has 0 aromatic carbocycles. The van der Waals surface area contributed by atoms with Gasteiger partial charge in [-0.15, -0.1) is 0 Å². The van der Waals surface area contributed by atoms with Gasteiger partial charge in [0, 0.05) is 18.7 Å². The van der Waals surface area contributed by atoms with Crippen LogP contribution >= 0.6 is 11.6 Å². The van der Waals surface area contributed by atoms with Gasteiger partial charge in [-0.1, -0.05) is 31.4 Å². The third kappa shape index (κ3) is 2.99. The summed E-state index contributed by atoms with van der Waals surface area (Å²) in [6, 6.07) is 0. The van der Waals surface area contributed by atoms with Gasteiger partial charge >= 0.3 is 0 Å². The Labute approximate surface area is 147 Å². The van der Waals surface area contributed by atoms with Crippen LogP contribution in [0.25, 0.3) is 5.95 Å². The highest BCUT2D eigenvalue weighted by Gasteiger charge is 2.29. The van der Waals surface area contributed by atoms with E-state index in [2.05, 4.69) is 26.9 Å². The lowest BCUT2D eigenvalue weighted by Crippen LogP contribution is -2.34. The van der Waals surface area contributed by atoms with Crippen LogP contribution in [0.15, 0.2) is 12.7 Å². The van der Waals surface area contributed by atoms with Crippen LogP contribution in [-0.2, 0) is 0 Å². The number of nitrogens with zero attached hydrogens (tertiary/aromatic N) is 6. The van der Waals surface area contributed by atoms with Crippen LogP contribution in [0.2, 0.25) is 5.15 Å². The maximum absolute atomic E-state index is 6.64. The lowest BCUT2D eigenvalue weighted by Gasteiger charge is -2.33. The van der Waals surface area contributed by atoms with Gasteiger partial charge in [-0.2, -0.15) is 19.7 Å². The van der Waals surface area contributed by atoms with Gasteiger partial charge in [-0.3, -0.25) is 0 Å². The highest BCUT2D eigenvalue weighted by Crippen LogP contribution is 2.42. The fourth-order valence-corrected chi connectivity index (χ4v) is 4.18. The summed E-state index contributed by atoms with van der Waals surface area (Å²) in [5, 5.41) is 4.74. The molecule has 2 aliphatic rings. The number of hydrogen-bond acceptors (Lipinski definition) is 5. The zero-order valence-electron chi connectivity index (χ0n) is 14.0. The van der Waals surface area contributed by atoms with Crippen LogP contribution in [0.3, 0.4) is 0 Å². The normalized spacial score (nSPS) is 20.0. The van der Waals surface area contributed by atoms with Crippen molar-refractivity contribution in [2.45, 2.75) is 51.4 Å². The van der Waals surface area contributed by atoms with Crippen molar-refractivity contribution in [3.8, 4) is 5.95 Å². The molecule has 0 bridgehead atoms. The molecular weight excluding hydrogens is 324 g/mol. The SMILES string of the molecule is CC1CCN(c2nc(-n3cncn3)nc(Cl)c2C2CCCC2)CC1. The third-order valence-corrected chi connectivity index (χ3v) is 5.63. The van der Waals surface area contributed by atoms with Crippen molar-refractivity contribution in [1.29, 1.82) is 0 Å². The lowest BCUT2D eigenvalue weighted by atomic mass is 9.96. The molecule has 128 valence electrons. The fraction of sp³-hybridized carbons (Fsp3) is 0.647. The number of rotatable bonds is 3. The van der Waals surface area contributed by atoms with Gasteiger partial charge in [-0.25, -0.2) is 4.98 Å². The molecule has 1 aliphatic carbocycles. The van der Waals surface area contributed by atoms with Crippen LogP contribution in [0, 0.1) is 5.92 Å². The van der Waals surface area contributed by atoms with Gasteiger partial charge in [0.2, 0.25) is 0 Å². The number of halogens is 1. The zero-order valence-corrected chi connectivity index (χ0v) is 14.8. The molecular formula is C17H23ClN6. The Morgan fingerprint density at radius 1 is 1.08 bits per heavy atom. The fourth-order valence-electron chi connectivity index (χ4n) is 3.86. The number of piperidine rings is 1. The molecule has 0 amide bonds. The first-order valence-corrected chi connectivity index (χ1v) is 9.27. The van der Waals surface area contributed by atoms with E-state index >= 15 is 0 Å². The van der Waals surface area contributed by atoms with Crippen molar-refractivity contribution in [3.63, 3.8) is 0 Å². The van der Waals surface area contributed by atoms with Crippen LogP contribution in [0.4, 0.5) is 5.82 Å². The monoisotopic (exact) mass is 346 g/mol. The van der Waals surface area contributed by atoms with Crippen LogP contribution < -0.4 is 4.90 Å². The van der Waals surface area contributed by atoms with Crippen LogP contribution in [0.1, 0.15) is 56.9 Å². The first kappa shape index (κ1) is 15.8. The van der Waals surface area contributed by atoms with Gasteiger partial charge in [-0.05, 0) is 37.5 Å². The Kier molecular flexibility index (Phi) is 4.39. The van der Waals surface area contributed by atoms with E-state index in [1.165, 1.54) is 44.9 Å². The predicted octanol–water partition coefficient (Wildman–Crippen LogP) is 3.60. The van der Waals surface area contributed by atoms with Gasteiger partial charge in [0.15, 0.2) is 0 Å². The topological polar surface area (TPSA) is 59.7 Å². The van der Waals surface area contributed by atoms with Crippen LogP contribution in [-0.4, -0.2) is 37.8 Å². The minimum atomic E-state index is 0.483. The third-order valence-electron chi connectivity index (χ3n) is 5.34. The summed E-state index contributed by atoms with van der Waals surface area (Å²) in [5.41, 5.74) is 1.15. The van der Waals surface area contributed by atoms with E-state index in [-0.39, 0.29) is 0 Å². The van der Waals surface area contributed by atoms with Gasteiger partial charge in [0.1, 0.15) is 23.6 Å². The molecule has 0 spiro atoms. The van der Waals surface area contributed by atoms with E-state index in [0.717, 1.165) is 30.4 Å². The summed E-state index contributed by atoms with van der Waals surface area (Å²) in [7, 11) is 0. The first-order chi connectivity index (χ1) is 11.7. The molecule has 4 rings (SSSR count). The Bertz CT molecular complexity index is 687. The second-order valence-corrected chi connectivity index (χ2v) is 7.40. The second-order valence-electron chi connectivity index (χ2n) is 7.04. The summed E-state index contributed by atoms with van der Waals surface area (Å²) >= 11 is 6.64. The second kappa shape index (κ2) is 6.67. The molecule has 24 heavy (non-hydrogen) atoms. The average Bonchev–Trinajstić information content (AvgIpc) is 3.28. The largest absolute Gasteiger partial charge is 0.356 e. The molecule has 1 saturated carbocycles. The molecule has 2 aromatic rings.